The minimum Gasteiger partial charge on any atom is -0.508 e. The number of hydrogen-bond donors (Lipinski definition) is 1. The van der Waals surface area contributed by atoms with E-state index in [0.29, 0.717) is 11.5 Å². The molecular weight excluding hydrogens is 405 g/mol. The maximum atomic E-state index is 12.7. The van der Waals surface area contributed by atoms with Crippen molar-refractivity contribution in [1.82, 2.24) is 9.55 Å². The Morgan fingerprint density at radius 3 is 2.19 bits per heavy atom. The Morgan fingerprint density at radius 1 is 0.935 bits per heavy atom. The first kappa shape index (κ1) is 20.8. The number of ether oxygens (including phenoxy) is 1. The van der Waals surface area contributed by atoms with Crippen LogP contribution in [0.4, 0.5) is 13.2 Å². The number of rotatable bonds is 6. The number of alkyl halides is 3. The summed E-state index contributed by atoms with van der Waals surface area (Å²) in [5, 5.41) is 9.88. The number of aryl methyl sites for hydroxylation is 1. The standard InChI is InChI=1S/C24H21F3N2O2/c1-2-3-14-29-22-15-18(30)8-13-21(22)28-23(29)16-4-9-19(10-5-16)31-20-11-6-17(7-12-20)24(25,26)27/h4-13,15,30H,2-3,14H2,1H3. The normalized spacial score (nSPS) is 11.7. The van der Waals surface area contributed by atoms with Gasteiger partial charge in [-0.25, -0.2) is 4.98 Å². The van der Waals surface area contributed by atoms with Crippen LogP contribution in [0, 0.1) is 0 Å². The van der Waals surface area contributed by atoms with E-state index in [1.54, 1.807) is 30.3 Å². The molecule has 0 spiro atoms. The van der Waals surface area contributed by atoms with Gasteiger partial charge in [-0.3, -0.25) is 0 Å². The minimum atomic E-state index is -4.37. The van der Waals surface area contributed by atoms with Crippen molar-refractivity contribution in [2.75, 3.05) is 0 Å². The molecule has 4 aromatic rings. The zero-order valence-electron chi connectivity index (χ0n) is 16.9. The lowest BCUT2D eigenvalue weighted by atomic mass is 10.2. The summed E-state index contributed by atoms with van der Waals surface area (Å²) in [5.74, 6) is 1.82. The molecule has 0 bridgehead atoms. The number of benzene rings is 3. The van der Waals surface area contributed by atoms with Crippen molar-refractivity contribution in [1.29, 1.82) is 0 Å². The van der Waals surface area contributed by atoms with E-state index in [0.717, 1.165) is 53.9 Å². The van der Waals surface area contributed by atoms with Gasteiger partial charge in [0, 0.05) is 18.2 Å². The second-order valence-corrected chi connectivity index (χ2v) is 7.26. The zero-order chi connectivity index (χ0) is 22.0. The molecule has 160 valence electrons. The highest BCUT2D eigenvalue weighted by Gasteiger charge is 2.30. The van der Waals surface area contributed by atoms with Gasteiger partial charge in [-0.15, -0.1) is 0 Å². The highest BCUT2D eigenvalue weighted by molar-refractivity contribution is 5.82. The molecule has 0 aliphatic carbocycles. The Balaban J connectivity index is 1.60. The lowest BCUT2D eigenvalue weighted by Gasteiger charge is -2.11. The summed E-state index contributed by atoms with van der Waals surface area (Å²) in [5.41, 5.74) is 1.83. The van der Waals surface area contributed by atoms with E-state index < -0.39 is 11.7 Å². The summed E-state index contributed by atoms with van der Waals surface area (Å²) >= 11 is 0. The number of fused-ring (bicyclic) bond motifs is 1. The lowest BCUT2D eigenvalue weighted by molar-refractivity contribution is -0.137. The van der Waals surface area contributed by atoms with Gasteiger partial charge in [0.05, 0.1) is 16.6 Å². The van der Waals surface area contributed by atoms with Crippen LogP contribution in [0.5, 0.6) is 17.2 Å². The maximum absolute atomic E-state index is 12.7. The number of nitrogens with zero attached hydrogens (tertiary/aromatic N) is 2. The van der Waals surface area contributed by atoms with Crippen LogP contribution < -0.4 is 4.74 Å². The third kappa shape index (κ3) is 4.50. The second-order valence-electron chi connectivity index (χ2n) is 7.26. The van der Waals surface area contributed by atoms with Gasteiger partial charge >= 0.3 is 6.18 Å². The van der Waals surface area contributed by atoms with Crippen molar-refractivity contribution >= 4 is 11.0 Å². The summed E-state index contributed by atoms with van der Waals surface area (Å²) < 4.78 is 45.9. The fraction of sp³-hybridized carbons (Fsp3) is 0.208. The van der Waals surface area contributed by atoms with Crippen LogP contribution in [-0.2, 0) is 12.7 Å². The summed E-state index contributed by atoms with van der Waals surface area (Å²) in [7, 11) is 0. The number of hydrogen-bond acceptors (Lipinski definition) is 3. The molecule has 31 heavy (non-hydrogen) atoms. The van der Waals surface area contributed by atoms with E-state index in [1.165, 1.54) is 12.1 Å². The number of phenols is 1. The van der Waals surface area contributed by atoms with Crippen molar-refractivity contribution in [3.05, 3.63) is 72.3 Å². The Kier molecular flexibility index (Phi) is 5.59. The third-order valence-electron chi connectivity index (χ3n) is 5.00. The monoisotopic (exact) mass is 426 g/mol. The summed E-state index contributed by atoms with van der Waals surface area (Å²) in [6.45, 7) is 2.89. The smallest absolute Gasteiger partial charge is 0.416 e. The van der Waals surface area contributed by atoms with Crippen molar-refractivity contribution in [2.24, 2.45) is 0 Å². The zero-order valence-corrected chi connectivity index (χ0v) is 16.9. The van der Waals surface area contributed by atoms with Crippen LogP contribution >= 0.6 is 0 Å². The molecule has 0 aliphatic rings. The number of phenolic OH excluding ortho intramolecular Hbond substituents is 1. The fourth-order valence-corrected chi connectivity index (χ4v) is 3.39. The third-order valence-corrected chi connectivity index (χ3v) is 5.00. The van der Waals surface area contributed by atoms with Crippen LogP contribution in [-0.4, -0.2) is 14.7 Å². The Hall–Kier alpha value is -3.48. The number of halogens is 3. The van der Waals surface area contributed by atoms with Crippen LogP contribution in [0.2, 0.25) is 0 Å². The van der Waals surface area contributed by atoms with Crippen molar-refractivity contribution in [3.63, 3.8) is 0 Å². The molecule has 1 aromatic heterocycles. The predicted octanol–water partition coefficient (Wildman–Crippen LogP) is 7.02. The molecule has 3 aromatic carbocycles. The lowest BCUT2D eigenvalue weighted by Crippen LogP contribution is -2.04. The molecule has 0 aliphatic heterocycles. The van der Waals surface area contributed by atoms with Gasteiger partial charge in [-0.2, -0.15) is 13.2 Å². The fourth-order valence-electron chi connectivity index (χ4n) is 3.39. The molecule has 7 heteroatoms. The molecule has 1 heterocycles. The van der Waals surface area contributed by atoms with Gasteiger partial charge in [0.25, 0.3) is 0 Å². The molecule has 0 saturated heterocycles. The van der Waals surface area contributed by atoms with E-state index in [4.69, 9.17) is 9.72 Å². The molecule has 0 saturated carbocycles. The molecule has 1 N–H and O–H groups in total. The Morgan fingerprint density at radius 2 is 1.58 bits per heavy atom. The van der Waals surface area contributed by atoms with Gasteiger partial charge < -0.3 is 14.4 Å². The molecule has 4 nitrogen and oxygen atoms in total. The topological polar surface area (TPSA) is 47.3 Å². The van der Waals surface area contributed by atoms with E-state index in [9.17, 15) is 18.3 Å². The van der Waals surface area contributed by atoms with E-state index >= 15 is 0 Å². The summed E-state index contributed by atoms with van der Waals surface area (Å²) in [6.07, 6.45) is -2.37. The number of unbranched alkanes of at least 4 members (excludes halogenated alkanes) is 1. The van der Waals surface area contributed by atoms with Crippen molar-refractivity contribution < 1.29 is 23.0 Å². The average molecular weight is 426 g/mol. The highest BCUT2D eigenvalue weighted by atomic mass is 19.4. The molecule has 0 amide bonds. The first-order valence-electron chi connectivity index (χ1n) is 10.00. The van der Waals surface area contributed by atoms with Crippen LogP contribution in [0.15, 0.2) is 66.7 Å². The average Bonchev–Trinajstić information content (AvgIpc) is 3.10. The molecule has 0 radical (unpaired) electrons. The van der Waals surface area contributed by atoms with Crippen LogP contribution in [0.3, 0.4) is 0 Å². The van der Waals surface area contributed by atoms with Crippen LogP contribution in [0.1, 0.15) is 25.3 Å². The first-order valence-corrected chi connectivity index (χ1v) is 10.00. The Bertz CT molecular complexity index is 1180. The quantitative estimate of drug-likeness (QED) is 0.360. The van der Waals surface area contributed by atoms with Gasteiger partial charge in [-0.05, 0) is 67.1 Å². The molecule has 0 unspecified atom stereocenters. The molecule has 0 fully saturated rings. The first-order chi connectivity index (χ1) is 14.8. The number of aromatic hydroxyl groups is 1. The van der Waals surface area contributed by atoms with E-state index in [-0.39, 0.29) is 5.75 Å². The van der Waals surface area contributed by atoms with Gasteiger partial charge in [0.1, 0.15) is 23.1 Å². The minimum absolute atomic E-state index is 0.192. The largest absolute Gasteiger partial charge is 0.508 e. The molecule has 0 atom stereocenters. The summed E-state index contributed by atoms with van der Waals surface area (Å²) in [4.78, 5) is 4.73. The summed E-state index contributed by atoms with van der Waals surface area (Å²) in [6, 6.07) is 16.9. The number of aromatic nitrogens is 2. The molecule has 4 rings (SSSR count). The van der Waals surface area contributed by atoms with Gasteiger partial charge in [0.15, 0.2) is 0 Å². The second kappa shape index (κ2) is 8.34. The van der Waals surface area contributed by atoms with Gasteiger partial charge in [-0.1, -0.05) is 13.3 Å². The van der Waals surface area contributed by atoms with Crippen molar-refractivity contribution in [3.8, 4) is 28.6 Å². The SMILES string of the molecule is CCCCn1c(-c2ccc(Oc3ccc(C(F)(F)F)cc3)cc2)nc2ccc(O)cc21. The predicted molar refractivity (Wildman–Crippen MR) is 113 cm³/mol. The van der Waals surface area contributed by atoms with Gasteiger partial charge in [0.2, 0.25) is 0 Å². The highest BCUT2D eigenvalue weighted by Crippen LogP contribution is 2.32. The number of imidazole rings is 1. The van der Waals surface area contributed by atoms with E-state index in [1.807, 2.05) is 12.1 Å². The van der Waals surface area contributed by atoms with Crippen molar-refractivity contribution in [2.45, 2.75) is 32.5 Å². The maximum Gasteiger partial charge on any atom is 0.416 e. The Labute approximate surface area is 177 Å². The van der Waals surface area contributed by atoms with E-state index in [2.05, 4.69) is 11.5 Å². The van der Waals surface area contributed by atoms with Crippen LogP contribution in [0.25, 0.3) is 22.4 Å². The molecular formula is C24H21F3N2O2.